The largest absolute Gasteiger partial charge is 0.504 e. The predicted octanol–water partition coefficient (Wildman–Crippen LogP) is 3.34. The molecular weight excluding hydrogens is 302 g/mol. The maximum atomic E-state index is 12.4. The van der Waals surface area contributed by atoms with Gasteiger partial charge in [0.1, 0.15) is 0 Å². The first kappa shape index (κ1) is 14.2. The highest BCUT2D eigenvalue weighted by Gasteiger charge is 2.36. The fraction of sp³-hybridized carbons (Fsp3) is 0. The second-order valence-corrected chi connectivity index (χ2v) is 5.59. The highest BCUT2D eigenvalue weighted by molar-refractivity contribution is 8.19. The third-order valence-corrected chi connectivity index (χ3v) is 3.97. The topological polar surface area (TPSA) is 77.8 Å². The molecule has 1 aliphatic rings. The Balaban J connectivity index is 1.93. The Morgan fingerprint density at radius 2 is 1.68 bits per heavy atom. The minimum absolute atomic E-state index is 0.241. The van der Waals surface area contributed by atoms with E-state index in [0.717, 1.165) is 16.7 Å². The van der Waals surface area contributed by atoms with Gasteiger partial charge in [0.25, 0.3) is 11.1 Å². The number of phenolic OH excluding ortho intramolecular Hbond substituents is 2. The molecule has 2 amide bonds. The van der Waals surface area contributed by atoms with E-state index in [-0.39, 0.29) is 21.6 Å². The molecule has 1 saturated heterocycles. The first-order chi connectivity index (χ1) is 10.6. The van der Waals surface area contributed by atoms with E-state index in [2.05, 4.69) is 0 Å². The summed E-state index contributed by atoms with van der Waals surface area (Å²) in [5.74, 6) is -0.931. The maximum Gasteiger partial charge on any atom is 0.298 e. The van der Waals surface area contributed by atoms with E-state index in [1.165, 1.54) is 18.2 Å². The summed E-state index contributed by atoms with van der Waals surface area (Å²) in [4.78, 5) is 25.8. The fourth-order valence-electron chi connectivity index (χ4n) is 2.05. The van der Waals surface area contributed by atoms with E-state index >= 15 is 0 Å². The molecule has 0 aliphatic carbocycles. The summed E-state index contributed by atoms with van der Waals surface area (Å²) in [6, 6.07) is 12.9. The Labute approximate surface area is 130 Å². The summed E-state index contributed by atoms with van der Waals surface area (Å²) >= 11 is 0.836. The van der Waals surface area contributed by atoms with Crippen LogP contribution < -0.4 is 4.90 Å². The lowest BCUT2D eigenvalue weighted by Gasteiger charge is -2.11. The lowest BCUT2D eigenvalue weighted by molar-refractivity contribution is -0.113. The number of benzene rings is 2. The molecule has 22 heavy (non-hydrogen) atoms. The summed E-state index contributed by atoms with van der Waals surface area (Å²) in [6.07, 6.45) is 1.51. The molecule has 0 saturated carbocycles. The molecule has 0 aromatic heterocycles. The molecule has 1 heterocycles. The number of carbonyl (C=O) groups excluding carboxylic acids is 2. The Kier molecular flexibility index (Phi) is 3.60. The van der Waals surface area contributed by atoms with Crippen LogP contribution in [0.5, 0.6) is 11.5 Å². The molecule has 5 nitrogen and oxygen atoms in total. The smallest absolute Gasteiger partial charge is 0.298 e. The van der Waals surface area contributed by atoms with Gasteiger partial charge in [-0.1, -0.05) is 24.3 Å². The Hall–Kier alpha value is -2.73. The molecule has 2 aromatic carbocycles. The van der Waals surface area contributed by atoms with Crippen LogP contribution in [0.3, 0.4) is 0 Å². The Morgan fingerprint density at radius 3 is 2.36 bits per heavy atom. The standard InChI is InChI=1S/C16H11NO4S/c18-12-7-6-10(8-13(12)19)9-14-15(20)17(16(21)22-14)11-4-2-1-3-5-11/h1-9,18-19H/b14-9-. The van der Waals surface area contributed by atoms with Gasteiger partial charge in [-0.05, 0) is 47.7 Å². The van der Waals surface area contributed by atoms with Gasteiger partial charge in [-0.2, -0.15) is 0 Å². The van der Waals surface area contributed by atoms with Gasteiger partial charge in [-0.25, -0.2) is 4.90 Å². The molecule has 1 aliphatic heterocycles. The highest BCUT2D eigenvalue weighted by Crippen LogP contribution is 2.36. The zero-order valence-corrected chi connectivity index (χ0v) is 12.1. The number of amides is 2. The normalized spacial score (nSPS) is 16.5. The molecule has 2 aromatic rings. The summed E-state index contributed by atoms with van der Waals surface area (Å²) in [6.45, 7) is 0. The SMILES string of the molecule is O=C1S/C(=C\c2ccc(O)c(O)c2)C(=O)N1c1ccccc1. The van der Waals surface area contributed by atoms with Crippen molar-refractivity contribution >= 4 is 34.7 Å². The zero-order chi connectivity index (χ0) is 15.7. The van der Waals surface area contributed by atoms with Crippen molar-refractivity contribution < 1.29 is 19.8 Å². The second-order valence-electron chi connectivity index (χ2n) is 4.60. The van der Waals surface area contributed by atoms with E-state index in [4.69, 9.17) is 0 Å². The third-order valence-electron chi connectivity index (χ3n) is 3.11. The van der Waals surface area contributed by atoms with Crippen LogP contribution in [0.25, 0.3) is 6.08 Å². The summed E-state index contributed by atoms with van der Waals surface area (Å²) in [7, 11) is 0. The van der Waals surface area contributed by atoms with Crippen molar-refractivity contribution in [2.45, 2.75) is 0 Å². The minimum Gasteiger partial charge on any atom is -0.504 e. The Bertz CT molecular complexity index is 786. The second kappa shape index (κ2) is 5.57. The van der Waals surface area contributed by atoms with E-state index < -0.39 is 5.91 Å². The van der Waals surface area contributed by atoms with Gasteiger partial charge in [0, 0.05) is 0 Å². The third kappa shape index (κ3) is 2.56. The van der Waals surface area contributed by atoms with E-state index in [1.807, 2.05) is 0 Å². The van der Waals surface area contributed by atoms with Crippen molar-refractivity contribution in [2.24, 2.45) is 0 Å². The number of rotatable bonds is 2. The molecule has 3 rings (SSSR count). The summed E-state index contributed by atoms with van der Waals surface area (Å²) in [5, 5.41) is 18.4. The molecule has 6 heteroatoms. The molecule has 0 bridgehead atoms. The molecular formula is C16H11NO4S. The van der Waals surface area contributed by atoms with Crippen LogP contribution in [0.15, 0.2) is 53.4 Å². The van der Waals surface area contributed by atoms with Gasteiger partial charge < -0.3 is 10.2 Å². The van der Waals surface area contributed by atoms with Gasteiger partial charge in [0.2, 0.25) is 0 Å². The lowest BCUT2D eigenvalue weighted by Crippen LogP contribution is -2.27. The number of hydrogen-bond acceptors (Lipinski definition) is 5. The van der Waals surface area contributed by atoms with Gasteiger partial charge in [0.15, 0.2) is 11.5 Å². The number of thioether (sulfide) groups is 1. The molecule has 0 unspecified atom stereocenters. The van der Waals surface area contributed by atoms with Crippen molar-refractivity contribution in [3.63, 3.8) is 0 Å². The number of anilines is 1. The Morgan fingerprint density at radius 1 is 0.955 bits per heavy atom. The van der Waals surface area contributed by atoms with Crippen molar-refractivity contribution in [3.05, 3.63) is 59.0 Å². The fourth-order valence-corrected chi connectivity index (χ4v) is 2.89. The molecule has 110 valence electrons. The van der Waals surface area contributed by atoms with E-state index in [0.29, 0.717) is 11.3 Å². The molecule has 0 radical (unpaired) electrons. The first-order valence-electron chi connectivity index (χ1n) is 6.41. The first-order valence-corrected chi connectivity index (χ1v) is 7.23. The van der Waals surface area contributed by atoms with Gasteiger partial charge in [-0.15, -0.1) is 0 Å². The van der Waals surface area contributed by atoms with Crippen molar-refractivity contribution in [2.75, 3.05) is 4.90 Å². The van der Waals surface area contributed by atoms with Crippen LogP contribution in [0, 0.1) is 0 Å². The number of para-hydroxylation sites is 1. The number of nitrogens with zero attached hydrogens (tertiary/aromatic N) is 1. The summed E-state index contributed by atoms with van der Waals surface area (Å²) in [5.41, 5.74) is 1.04. The van der Waals surface area contributed by atoms with E-state index in [1.54, 1.807) is 36.4 Å². The summed E-state index contributed by atoms with van der Waals surface area (Å²) < 4.78 is 0. The molecule has 0 spiro atoms. The predicted molar refractivity (Wildman–Crippen MR) is 84.7 cm³/mol. The lowest BCUT2D eigenvalue weighted by atomic mass is 10.2. The minimum atomic E-state index is -0.409. The van der Waals surface area contributed by atoms with Crippen LogP contribution in [-0.4, -0.2) is 21.4 Å². The monoisotopic (exact) mass is 313 g/mol. The van der Waals surface area contributed by atoms with Crippen LogP contribution >= 0.6 is 11.8 Å². The van der Waals surface area contributed by atoms with Crippen LogP contribution in [0.4, 0.5) is 10.5 Å². The van der Waals surface area contributed by atoms with Crippen LogP contribution in [-0.2, 0) is 4.79 Å². The van der Waals surface area contributed by atoms with Gasteiger partial charge >= 0.3 is 0 Å². The van der Waals surface area contributed by atoms with Crippen molar-refractivity contribution in [3.8, 4) is 11.5 Å². The van der Waals surface area contributed by atoms with Gasteiger partial charge in [0.05, 0.1) is 10.6 Å². The zero-order valence-electron chi connectivity index (χ0n) is 11.3. The van der Waals surface area contributed by atoms with Crippen LogP contribution in [0.2, 0.25) is 0 Å². The number of aromatic hydroxyl groups is 2. The van der Waals surface area contributed by atoms with Crippen molar-refractivity contribution in [1.82, 2.24) is 0 Å². The average molecular weight is 313 g/mol. The highest BCUT2D eigenvalue weighted by atomic mass is 32.2. The molecule has 1 fully saturated rings. The maximum absolute atomic E-state index is 12.4. The molecule has 2 N–H and O–H groups in total. The number of phenols is 2. The molecule has 0 atom stereocenters. The van der Waals surface area contributed by atoms with E-state index in [9.17, 15) is 19.8 Å². The average Bonchev–Trinajstić information content (AvgIpc) is 2.78. The quantitative estimate of drug-likeness (QED) is 0.657. The number of hydrogen-bond donors (Lipinski definition) is 2. The van der Waals surface area contributed by atoms with Crippen molar-refractivity contribution in [1.29, 1.82) is 0 Å². The number of imide groups is 1. The van der Waals surface area contributed by atoms with Gasteiger partial charge in [-0.3, -0.25) is 9.59 Å². The number of carbonyl (C=O) groups is 2. The van der Waals surface area contributed by atoms with Crippen LogP contribution in [0.1, 0.15) is 5.56 Å².